The second kappa shape index (κ2) is 7.55. The molecule has 1 saturated heterocycles. The number of morpholine rings is 1. The molecule has 0 spiro atoms. The van der Waals surface area contributed by atoms with Crippen LogP contribution in [0.1, 0.15) is 15.9 Å². The second-order valence-electron chi connectivity index (χ2n) is 5.38. The highest BCUT2D eigenvalue weighted by atomic mass is 35.5. The fourth-order valence-electron chi connectivity index (χ4n) is 2.46. The lowest BCUT2D eigenvalue weighted by Crippen LogP contribution is -2.35. The Morgan fingerprint density at radius 3 is 2.65 bits per heavy atom. The van der Waals surface area contributed by atoms with Crippen molar-refractivity contribution in [2.45, 2.75) is 6.54 Å². The van der Waals surface area contributed by atoms with Crippen LogP contribution in [-0.4, -0.2) is 42.1 Å². The Labute approximate surface area is 140 Å². The summed E-state index contributed by atoms with van der Waals surface area (Å²) < 4.78 is 5.35. The Hall–Kier alpha value is -1.95. The van der Waals surface area contributed by atoms with Crippen molar-refractivity contribution in [3.8, 4) is 0 Å². The van der Waals surface area contributed by atoms with Crippen molar-refractivity contribution in [2.24, 2.45) is 0 Å². The van der Waals surface area contributed by atoms with Crippen LogP contribution in [0.25, 0.3) is 0 Å². The first-order chi connectivity index (χ1) is 11.2. The molecule has 23 heavy (non-hydrogen) atoms. The summed E-state index contributed by atoms with van der Waals surface area (Å²) in [5, 5.41) is 3.04. The predicted octanol–water partition coefficient (Wildman–Crippen LogP) is 2.82. The Morgan fingerprint density at radius 2 is 1.96 bits per heavy atom. The van der Waals surface area contributed by atoms with E-state index in [1.54, 1.807) is 18.3 Å². The highest BCUT2D eigenvalue weighted by molar-refractivity contribution is 6.33. The van der Waals surface area contributed by atoms with E-state index in [2.05, 4.69) is 15.2 Å². The molecule has 5 nitrogen and oxygen atoms in total. The monoisotopic (exact) mass is 331 g/mol. The lowest BCUT2D eigenvalue weighted by atomic mass is 10.2. The second-order valence-corrected chi connectivity index (χ2v) is 5.74. The van der Waals surface area contributed by atoms with Gasteiger partial charge < -0.3 is 10.1 Å². The van der Waals surface area contributed by atoms with Crippen LogP contribution in [0.15, 0.2) is 42.6 Å². The average Bonchev–Trinajstić information content (AvgIpc) is 2.58. The zero-order valence-electron chi connectivity index (χ0n) is 12.7. The van der Waals surface area contributed by atoms with Crippen molar-refractivity contribution in [2.75, 3.05) is 31.6 Å². The first kappa shape index (κ1) is 15.9. The minimum absolute atomic E-state index is 0.203. The van der Waals surface area contributed by atoms with Gasteiger partial charge in [-0.15, -0.1) is 0 Å². The van der Waals surface area contributed by atoms with Crippen LogP contribution in [0, 0.1) is 0 Å². The van der Waals surface area contributed by atoms with Gasteiger partial charge in [0.25, 0.3) is 5.91 Å². The topological polar surface area (TPSA) is 54.5 Å². The molecule has 0 radical (unpaired) electrons. The smallest absolute Gasteiger partial charge is 0.258 e. The summed E-state index contributed by atoms with van der Waals surface area (Å²) in [6.45, 7) is 4.39. The molecule has 1 aliphatic heterocycles. The zero-order chi connectivity index (χ0) is 16.1. The van der Waals surface area contributed by atoms with E-state index in [0.29, 0.717) is 5.56 Å². The van der Waals surface area contributed by atoms with Gasteiger partial charge in [0.2, 0.25) is 0 Å². The van der Waals surface area contributed by atoms with Crippen LogP contribution in [0.3, 0.4) is 0 Å². The van der Waals surface area contributed by atoms with Crippen LogP contribution in [-0.2, 0) is 11.3 Å². The van der Waals surface area contributed by atoms with Gasteiger partial charge in [-0.2, -0.15) is 0 Å². The van der Waals surface area contributed by atoms with Gasteiger partial charge in [0, 0.05) is 31.5 Å². The number of halogens is 1. The maximum absolute atomic E-state index is 12.2. The van der Waals surface area contributed by atoms with Gasteiger partial charge in [-0.1, -0.05) is 23.7 Å². The number of carbonyl (C=O) groups is 1. The van der Waals surface area contributed by atoms with Crippen LogP contribution in [0.5, 0.6) is 0 Å². The van der Waals surface area contributed by atoms with Gasteiger partial charge in [-0.05, 0) is 29.8 Å². The molecule has 1 amide bonds. The molecule has 2 heterocycles. The van der Waals surface area contributed by atoms with E-state index < -0.39 is 0 Å². The molecule has 1 aromatic heterocycles. The van der Waals surface area contributed by atoms with E-state index in [1.807, 2.05) is 24.3 Å². The number of anilines is 1. The first-order valence-electron chi connectivity index (χ1n) is 7.53. The molecule has 0 saturated carbocycles. The van der Waals surface area contributed by atoms with Crippen molar-refractivity contribution in [1.82, 2.24) is 9.88 Å². The molecule has 1 N–H and O–H groups in total. The number of amides is 1. The molecule has 0 aliphatic carbocycles. The zero-order valence-corrected chi connectivity index (χ0v) is 13.4. The number of ether oxygens (including phenoxy) is 1. The van der Waals surface area contributed by atoms with Gasteiger partial charge in [0.1, 0.15) is 5.15 Å². The normalized spacial score (nSPS) is 15.3. The largest absolute Gasteiger partial charge is 0.379 e. The quantitative estimate of drug-likeness (QED) is 0.875. The van der Waals surface area contributed by atoms with E-state index >= 15 is 0 Å². The van der Waals surface area contributed by atoms with Crippen molar-refractivity contribution in [3.05, 3.63) is 58.9 Å². The lowest BCUT2D eigenvalue weighted by molar-refractivity contribution is 0.0342. The van der Waals surface area contributed by atoms with Crippen molar-refractivity contribution in [1.29, 1.82) is 0 Å². The molecular weight excluding hydrogens is 314 g/mol. The minimum atomic E-state index is -0.260. The molecular formula is C17H18ClN3O2. The highest BCUT2D eigenvalue weighted by Gasteiger charge is 2.12. The van der Waals surface area contributed by atoms with Gasteiger partial charge in [0.15, 0.2) is 0 Å². The van der Waals surface area contributed by atoms with Gasteiger partial charge in [-0.3, -0.25) is 9.69 Å². The molecule has 1 aliphatic rings. The van der Waals surface area contributed by atoms with Crippen molar-refractivity contribution >= 4 is 23.2 Å². The number of nitrogens with zero attached hydrogens (tertiary/aromatic N) is 2. The summed E-state index contributed by atoms with van der Waals surface area (Å²) in [5.41, 5.74) is 2.32. The number of rotatable bonds is 4. The molecule has 0 atom stereocenters. The summed E-state index contributed by atoms with van der Waals surface area (Å²) >= 11 is 5.93. The fraction of sp³-hybridized carbons (Fsp3) is 0.294. The molecule has 1 aromatic carbocycles. The molecule has 6 heteroatoms. The summed E-state index contributed by atoms with van der Waals surface area (Å²) in [4.78, 5) is 18.4. The standard InChI is InChI=1S/C17H18ClN3O2/c18-16-15(2-1-7-19-16)17(22)20-14-5-3-13(4-6-14)12-21-8-10-23-11-9-21/h1-7H,8-12H2,(H,20,22). The van der Waals surface area contributed by atoms with Gasteiger partial charge in [-0.25, -0.2) is 4.98 Å². The summed E-state index contributed by atoms with van der Waals surface area (Å²) in [5.74, 6) is -0.260. The van der Waals surface area contributed by atoms with Gasteiger partial charge in [0.05, 0.1) is 18.8 Å². The average molecular weight is 332 g/mol. The van der Waals surface area contributed by atoms with Gasteiger partial charge >= 0.3 is 0 Å². The summed E-state index contributed by atoms with van der Waals surface area (Å²) in [6, 6.07) is 11.2. The van der Waals surface area contributed by atoms with E-state index in [9.17, 15) is 4.79 Å². The van der Waals surface area contributed by atoms with E-state index in [0.717, 1.165) is 38.5 Å². The first-order valence-corrected chi connectivity index (χ1v) is 7.91. The SMILES string of the molecule is O=C(Nc1ccc(CN2CCOCC2)cc1)c1cccnc1Cl. The number of pyridine rings is 1. The third-order valence-corrected chi connectivity index (χ3v) is 4.03. The summed E-state index contributed by atoms with van der Waals surface area (Å²) in [7, 11) is 0. The number of hydrogen-bond donors (Lipinski definition) is 1. The van der Waals surface area contributed by atoms with Crippen LogP contribution >= 0.6 is 11.6 Å². The molecule has 1 fully saturated rings. The predicted molar refractivity (Wildman–Crippen MR) is 89.7 cm³/mol. The number of nitrogens with one attached hydrogen (secondary N) is 1. The van der Waals surface area contributed by atoms with Crippen LogP contribution in [0.2, 0.25) is 5.15 Å². The van der Waals surface area contributed by atoms with Crippen molar-refractivity contribution in [3.63, 3.8) is 0 Å². The Kier molecular flexibility index (Phi) is 5.23. The highest BCUT2D eigenvalue weighted by Crippen LogP contribution is 2.16. The molecule has 0 bridgehead atoms. The Bertz CT molecular complexity index is 670. The minimum Gasteiger partial charge on any atom is -0.379 e. The number of carbonyl (C=O) groups excluding carboxylic acids is 1. The Morgan fingerprint density at radius 1 is 1.22 bits per heavy atom. The van der Waals surface area contributed by atoms with Crippen LogP contribution < -0.4 is 5.32 Å². The molecule has 3 rings (SSSR count). The lowest BCUT2D eigenvalue weighted by Gasteiger charge is -2.26. The maximum Gasteiger partial charge on any atom is 0.258 e. The Balaban J connectivity index is 1.61. The fourth-order valence-corrected chi connectivity index (χ4v) is 2.67. The van der Waals surface area contributed by atoms with E-state index in [1.165, 1.54) is 5.56 Å². The molecule has 2 aromatic rings. The van der Waals surface area contributed by atoms with Crippen molar-refractivity contribution < 1.29 is 9.53 Å². The van der Waals surface area contributed by atoms with Crippen LogP contribution in [0.4, 0.5) is 5.69 Å². The molecule has 120 valence electrons. The third-order valence-electron chi connectivity index (χ3n) is 3.73. The third kappa shape index (κ3) is 4.28. The maximum atomic E-state index is 12.2. The number of benzene rings is 1. The summed E-state index contributed by atoms with van der Waals surface area (Å²) in [6.07, 6.45) is 1.56. The number of aromatic nitrogens is 1. The number of hydrogen-bond acceptors (Lipinski definition) is 4. The van der Waals surface area contributed by atoms with E-state index in [-0.39, 0.29) is 11.1 Å². The van der Waals surface area contributed by atoms with E-state index in [4.69, 9.17) is 16.3 Å². The molecule has 0 unspecified atom stereocenters.